The molecule has 2 aromatic heterocycles. The zero-order valence-corrected chi connectivity index (χ0v) is 20.8. The van der Waals surface area contributed by atoms with Gasteiger partial charge in [-0.3, -0.25) is 14.4 Å². The number of carbonyl (C=O) groups excluding carboxylic acids is 3. The van der Waals surface area contributed by atoms with Gasteiger partial charge in [-0.05, 0) is 43.4 Å². The van der Waals surface area contributed by atoms with Gasteiger partial charge in [-0.25, -0.2) is 0 Å². The molecule has 2 aliphatic heterocycles. The van der Waals surface area contributed by atoms with Crippen LogP contribution in [0.25, 0.3) is 10.4 Å². The van der Waals surface area contributed by atoms with E-state index in [0.29, 0.717) is 4.88 Å². The van der Waals surface area contributed by atoms with Crippen LogP contribution in [0.4, 0.5) is 0 Å². The molecule has 0 bridgehead atoms. The van der Waals surface area contributed by atoms with Gasteiger partial charge < -0.3 is 19.9 Å². The van der Waals surface area contributed by atoms with E-state index >= 15 is 0 Å². The summed E-state index contributed by atoms with van der Waals surface area (Å²) < 4.78 is 5.55. The number of likely N-dealkylation sites (tertiary alicyclic amines) is 1. The molecule has 0 unspecified atom stereocenters. The van der Waals surface area contributed by atoms with Crippen molar-refractivity contribution in [1.29, 1.82) is 0 Å². The highest BCUT2D eigenvalue weighted by atomic mass is 35.5. The number of aromatic nitrogens is 1. The number of ether oxygens (including phenoxy) is 1. The molecular weight excluding hydrogens is 474 g/mol. The molecule has 1 aliphatic carbocycles. The number of thiophene rings is 1. The third-order valence-corrected chi connectivity index (χ3v) is 8.84. The first kappa shape index (κ1) is 23.6. The normalized spacial score (nSPS) is 26.0. The maximum atomic E-state index is 13.8. The molecule has 2 N–H and O–H groups in total. The van der Waals surface area contributed by atoms with Crippen molar-refractivity contribution < 1.29 is 19.1 Å². The van der Waals surface area contributed by atoms with Gasteiger partial charge in [-0.1, -0.05) is 26.2 Å². The summed E-state index contributed by atoms with van der Waals surface area (Å²) in [5.41, 5.74) is 2.20. The van der Waals surface area contributed by atoms with Crippen LogP contribution in [0.15, 0.2) is 24.4 Å². The van der Waals surface area contributed by atoms with E-state index in [1.165, 1.54) is 11.3 Å². The second kappa shape index (κ2) is 9.84. The standard InChI is InChI=1S/C25H30ClN3O4S/c1-2-16-10-15(11-27-16)19-8-9-20(34-19)24(31)28-21(14-6-4-3-5-7-14)25(32)29-12-17(26)23-22(29)18(30)13-33-23/h8-11,14,17,21-23,27H,2-7,12-13H2,1H3,(H,28,31)/t17-,21-,22+,23+/m0/s1. The second-order valence-corrected chi connectivity index (χ2v) is 11.1. The van der Waals surface area contributed by atoms with Crippen molar-refractivity contribution in [3.63, 3.8) is 0 Å². The molecule has 2 saturated heterocycles. The summed E-state index contributed by atoms with van der Waals surface area (Å²) in [4.78, 5) is 45.9. The molecule has 7 nitrogen and oxygen atoms in total. The van der Waals surface area contributed by atoms with Crippen molar-refractivity contribution in [1.82, 2.24) is 15.2 Å². The van der Waals surface area contributed by atoms with Crippen LogP contribution < -0.4 is 5.32 Å². The number of hydrogen-bond acceptors (Lipinski definition) is 5. The van der Waals surface area contributed by atoms with Crippen LogP contribution in [0.1, 0.15) is 54.4 Å². The van der Waals surface area contributed by atoms with E-state index in [2.05, 4.69) is 23.3 Å². The zero-order valence-electron chi connectivity index (χ0n) is 19.2. The maximum absolute atomic E-state index is 13.8. The van der Waals surface area contributed by atoms with Gasteiger partial charge in [0.15, 0.2) is 5.78 Å². The number of nitrogens with zero attached hydrogens (tertiary/aromatic N) is 1. The van der Waals surface area contributed by atoms with E-state index in [9.17, 15) is 14.4 Å². The zero-order chi connectivity index (χ0) is 23.8. The predicted octanol–water partition coefficient (Wildman–Crippen LogP) is 3.77. The molecule has 3 fully saturated rings. The molecule has 34 heavy (non-hydrogen) atoms. The number of aryl methyl sites for hydroxylation is 1. The number of alkyl halides is 1. The molecule has 0 radical (unpaired) electrons. The number of rotatable bonds is 6. The summed E-state index contributed by atoms with van der Waals surface area (Å²) in [7, 11) is 0. The molecule has 2 amide bonds. The number of aromatic amines is 1. The minimum atomic E-state index is -0.673. The third-order valence-electron chi connectivity index (χ3n) is 7.32. The lowest BCUT2D eigenvalue weighted by Gasteiger charge is -2.34. The molecule has 2 aromatic rings. The smallest absolute Gasteiger partial charge is 0.262 e. The minimum Gasteiger partial charge on any atom is -0.366 e. The lowest BCUT2D eigenvalue weighted by atomic mass is 9.83. The molecule has 1 saturated carbocycles. The van der Waals surface area contributed by atoms with Crippen LogP contribution in [0.3, 0.4) is 0 Å². The largest absolute Gasteiger partial charge is 0.366 e. The Bertz CT molecular complexity index is 1080. The molecule has 182 valence electrons. The minimum absolute atomic E-state index is 0.0142. The van der Waals surface area contributed by atoms with Crippen molar-refractivity contribution in [3.05, 3.63) is 35.0 Å². The lowest BCUT2D eigenvalue weighted by molar-refractivity contribution is -0.139. The van der Waals surface area contributed by atoms with Crippen molar-refractivity contribution in [2.45, 2.75) is 69.0 Å². The van der Waals surface area contributed by atoms with Crippen molar-refractivity contribution in [3.8, 4) is 10.4 Å². The number of carbonyl (C=O) groups is 3. The van der Waals surface area contributed by atoms with Crippen LogP contribution in [0, 0.1) is 5.92 Å². The number of Topliss-reactive ketones (excluding diaryl/α,β-unsaturated/α-hetero) is 1. The Hall–Kier alpha value is -2.16. The number of H-pyrrole nitrogens is 1. The van der Waals surface area contributed by atoms with Gasteiger partial charge in [0.1, 0.15) is 24.8 Å². The summed E-state index contributed by atoms with van der Waals surface area (Å²) in [6.45, 7) is 2.34. The van der Waals surface area contributed by atoms with Gasteiger partial charge in [-0.15, -0.1) is 22.9 Å². The maximum Gasteiger partial charge on any atom is 0.262 e. The average molecular weight is 504 g/mol. The molecule has 9 heteroatoms. The fourth-order valence-electron chi connectivity index (χ4n) is 5.47. The quantitative estimate of drug-likeness (QED) is 0.587. The van der Waals surface area contributed by atoms with Crippen LogP contribution in [-0.2, 0) is 20.7 Å². The van der Waals surface area contributed by atoms with E-state index < -0.39 is 23.6 Å². The summed E-state index contributed by atoms with van der Waals surface area (Å²) in [6.07, 6.45) is 7.38. The van der Waals surface area contributed by atoms with Crippen LogP contribution in [0.2, 0.25) is 0 Å². The lowest BCUT2D eigenvalue weighted by Crippen LogP contribution is -2.55. The number of ketones is 1. The van der Waals surface area contributed by atoms with Gasteiger partial charge in [0, 0.05) is 28.9 Å². The molecular formula is C25H30ClN3O4S. The van der Waals surface area contributed by atoms with Crippen molar-refractivity contribution >= 4 is 40.5 Å². The Morgan fingerprint density at radius 3 is 2.82 bits per heavy atom. The summed E-state index contributed by atoms with van der Waals surface area (Å²) in [5.74, 6) is -0.534. The second-order valence-electron chi connectivity index (χ2n) is 9.47. The van der Waals surface area contributed by atoms with Crippen molar-refractivity contribution in [2.24, 2.45) is 5.92 Å². The fraction of sp³-hybridized carbons (Fsp3) is 0.560. The first-order valence-electron chi connectivity index (χ1n) is 12.1. The predicted molar refractivity (Wildman–Crippen MR) is 131 cm³/mol. The molecule has 0 aromatic carbocycles. The fourth-order valence-corrected chi connectivity index (χ4v) is 6.72. The van der Waals surface area contributed by atoms with Gasteiger partial charge in [0.2, 0.25) is 5.91 Å². The number of halogens is 1. The number of amides is 2. The Labute approximate surface area is 208 Å². The molecule has 0 spiro atoms. The first-order valence-corrected chi connectivity index (χ1v) is 13.4. The summed E-state index contributed by atoms with van der Waals surface area (Å²) in [5, 5.41) is 2.63. The highest BCUT2D eigenvalue weighted by Crippen LogP contribution is 2.34. The summed E-state index contributed by atoms with van der Waals surface area (Å²) >= 11 is 7.84. The monoisotopic (exact) mass is 503 g/mol. The highest BCUT2D eigenvalue weighted by molar-refractivity contribution is 7.17. The highest BCUT2D eigenvalue weighted by Gasteiger charge is 2.53. The number of fused-ring (bicyclic) bond motifs is 1. The van der Waals surface area contributed by atoms with E-state index in [4.69, 9.17) is 16.3 Å². The van der Waals surface area contributed by atoms with Crippen LogP contribution in [0.5, 0.6) is 0 Å². The number of hydrogen-bond donors (Lipinski definition) is 2. The van der Waals surface area contributed by atoms with Crippen LogP contribution in [-0.4, -0.2) is 64.2 Å². The van der Waals surface area contributed by atoms with Crippen molar-refractivity contribution in [2.75, 3.05) is 13.2 Å². The first-order chi connectivity index (χ1) is 16.5. The number of nitrogens with one attached hydrogen (secondary N) is 2. The van der Waals surface area contributed by atoms with E-state index in [0.717, 1.165) is 54.7 Å². The molecule has 5 rings (SSSR count). The Morgan fingerprint density at radius 2 is 2.09 bits per heavy atom. The Kier molecular flexibility index (Phi) is 6.82. The Morgan fingerprint density at radius 1 is 1.29 bits per heavy atom. The van der Waals surface area contributed by atoms with Gasteiger partial charge in [0.25, 0.3) is 5.91 Å². The van der Waals surface area contributed by atoms with Gasteiger partial charge >= 0.3 is 0 Å². The molecule has 3 aliphatic rings. The third kappa shape index (κ3) is 4.43. The summed E-state index contributed by atoms with van der Waals surface area (Å²) in [6, 6.07) is 4.53. The van der Waals surface area contributed by atoms with Gasteiger partial charge in [0.05, 0.1) is 10.3 Å². The average Bonchev–Trinajstić information content (AvgIpc) is 3.63. The molecule has 4 atom stereocenters. The molecule has 4 heterocycles. The SMILES string of the molecule is CCc1cc(-c2ccc(C(=O)N[C@H](C(=O)N3C[C@H](Cl)[C@H]4OCC(=O)[C@H]43)C3CCCCC3)s2)c[nH]1. The topological polar surface area (TPSA) is 91.5 Å². The van der Waals surface area contributed by atoms with Gasteiger partial charge in [-0.2, -0.15) is 0 Å². The Balaban J connectivity index is 1.36. The van der Waals surface area contributed by atoms with Crippen LogP contribution >= 0.6 is 22.9 Å². The van der Waals surface area contributed by atoms with E-state index in [1.54, 1.807) is 4.90 Å². The van der Waals surface area contributed by atoms with E-state index in [1.807, 2.05) is 18.3 Å². The van der Waals surface area contributed by atoms with E-state index in [-0.39, 0.29) is 36.7 Å².